The monoisotopic (exact) mass is 302 g/mol. The highest BCUT2D eigenvalue weighted by molar-refractivity contribution is 5.81. The summed E-state index contributed by atoms with van der Waals surface area (Å²) >= 11 is 0. The van der Waals surface area contributed by atoms with Gasteiger partial charge >= 0.3 is 5.69 Å². The summed E-state index contributed by atoms with van der Waals surface area (Å²) in [4.78, 5) is 29.6. The van der Waals surface area contributed by atoms with Gasteiger partial charge in [0.1, 0.15) is 5.82 Å². The van der Waals surface area contributed by atoms with Crippen molar-refractivity contribution in [2.75, 3.05) is 11.9 Å². The zero-order valence-electron chi connectivity index (χ0n) is 12.6. The van der Waals surface area contributed by atoms with Gasteiger partial charge in [0.05, 0.1) is 6.54 Å². The molecular formula is C16H22N4O2. The van der Waals surface area contributed by atoms with Gasteiger partial charge in [-0.1, -0.05) is 0 Å². The molecule has 6 nitrogen and oxygen atoms in total. The number of hydrogen-bond donors (Lipinski definition) is 3. The quantitative estimate of drug-likeness (QED) is 0.781. The minimum atomic E-state index is -0.411. The van der Waals surface area contributed by atoms with Crippen LogP contribution in [0.4, 0.5) is 5.82 Å². The zero-order chi connectivity index (χ0) is 15.2. The number of carbonyl (C=O) groups excluding carboxylic acids is 1. The first-order valence-electron chi connectivity index (χ1n) is 8.21. The number of rotatable bonds is 4. The highest BCUT2D eigenvalue weighted by Gasteiger charge is 2.51. The summed E-state index contributed by atoms with van der Waals surface area (Å²) in [5.74, 6) is 2.88. The van der Waals surface area contributed by atoms with Crippen LogP contribution in [-0.2, 0) is 4.79 Å². The van der Waals surface area contributed by atoms with E-state index < -0.39 is 5.69 Å². The molecule has 0 atom stereocenters. The van der Waals surface area contributed by atoms with Gasteiger partial charge in [-0.2, -0.15) is 4.98 Å². The van der Waals surface area contributed by atoms with Gasteiger partial charge in [-0.05, 0) is 62.3 Å². The first-order valence-corrected chi connectivity index (χ1v) is 8.21. The summed E-state index contributed by atoms with van der Waals surface area (Å²) in [5, 5.41) is 6.22. The molecule has 0 aliphatic heterocycles. The summed E-state index contributed by atoms with van der Waals surface area (Å²) < 4.78 is 0. The lowest BCUT2D eigenvalue weighted by molar-refractivity contribution is -0.125. The number of aromatic nitrogens is 2. The molecule has 4 aliphatic rings. The molecule has 1 amide bonds. The molecule has 0 unspecified atom stereocenters. The third kappa shape index (κ3) is 2.62. The van der Waals surface area contributed by atoms with Crippen molar-refractivity contribution in [1.82, 2.24) is 15.3 Å². The molecule has 4 bridgehead atoms. The van der Waals surface area contributed by atoms with Gasteiger partial charge in [0.2, 0.25) is 5.91 Å². The highest BCUT2D eigenvalue weighted by Crippen LogP contribution is 2.55. The Morgan fingerprint density at radius 3 is 2.45 bits per heavy atom. The zero-order valence-corrected chi connectivity index (χ0v) is 12.6. The molecule has 1 aromatic heterocycles. The Kier molecular flexibility index (Phi) is 3.20. The number of carbonyl (C=O) groups is 1. The van der Waals surface area contributed by atoms with Gasteiger partial charge in [0.25, 0.3) is 0 Å². The van der Waals surface area contributed by atoms with Crippen LogP contribution in [0.3, 0.4) is 0 Å². The van der Waals surface area contributed by atoms with Crippen LogP contribution >= 0.6 is 0 Å². The fraction of sp³-hybridized carbons (Fsp3) is 0.688. The minimum absolute atomic E-state index is 0.00373. The summed E-state index contributed by atoms with van der Waals surface area (Å²) in [6.45, 7) is 0.165. The van der Waals surface area contributed by atoms with Gasteiger partial charge in [-0.25, -0.2) is 4.79 Å². The summed E-state index contributed by atoms with van der Waals surface area (Å²) in [5.41, 5.74) is -0.374. The third-order valence-corrected chi connectivity index (χ3v) is 5.54. The molecule has 4 saturated carbocycles. The lowest BCUT2D eigenvalue weighted by atomic mass is 9.53. The van der Waals surface area contributed by atoms with E-state index in [9.17, 15) is 9.59 Å². The summed E-state index contributed by atoms with van der Waals surface area (Å²) in [7, 11) is 0. The molecule has 4 fully saturated rings. The molecule has 0 radical (unpaired) electrons. The normalized spacial score (nSPS) is 35.4. The van der Waals surface area contributed by atoms with Crippen LogP contribution in [0.1, 0.15) is 38.5 Å². The number of hydrogen-bond acceptors (Lipinski definition) is 4. The first kappa shape index (κ1) is 13.8. The molecule has 1 heterocycles. The van der Waals surface area contributed by atoms with Crippen LogP contribution in [0.2, 0.25) is 0 Å². The molecule has 22 heavy (non-hydrogen) atoms. The van der Waals surface area contributed by atoms with Crippen LogP contribution in [0.15, 0.2) is 17.1 Å². The fourth-order valence-corrected chi connectivity index (χ4v) is 5.24. The molecule has 6 heteroatoms. The molecule has 118 valence electrons. The summed E-state index contributed by atoms with van der Waals surface area (Å²) in [6, 6.07) is 1.65. The maximum atomic E-state index is 12.3. The standard InChI is InChI=1S/C16H22N4O2/c21-14(9-18-13-1-2-17-15(22)19-13)20-16-6-10-3-11(7-16)5-12(4-10)8-16/h1-2,10-12H,3-9H2,(H,20,21)(H2,17,18,19,22). The second kappa shape index (κ2) is 5.11. The molecule has 3 N–H and O–H groups in total. The second-order valence-electron chi connectivity index (χ2n) is 7.38. The first-order chi connectivity index (χ1) is 10.6. The molecular weight excluding hydrogens is 280 g/mol. The van der Waals surface area contributed by atoms with Crippen molar-refractivity contribution in [2.45, 2.75) is 44.1 Å². The van der Waals surface area contributed by atoms with Gasteiger partial charge in [-0.3, -0.25) is 4.79 Å². The van der Waals surface area contributed by atoms with Gasteiger partial charge in [-0.15, -0.1) is 0 Å². The van der Waals surface area contributed by atoms with E-state index in [2.05, 4.69) is 20.6 Å². The van der Waals surface area contributed by atoms with Crippen molar-refractivity contribution in [1.29, 1.82) is 0 Å². The maximum Gasteiger partial charge on any atom is 0.346 e. The van der Waals surface area contributed by atoms with Gasteiger partial charge < -0.3 is 15.6 Å². The number of anilines is 1. The SMILES string of the molecule is O=C(CNc1cc[nH]c(=O)n1)NC12CC3CC(CC(C3)C1)C2. The van der Waals surface area contributed by atoms with Crippen LogP contribution in [-0.4, -0.2) is 28.0 Å². The Hall–Kier alpha value is -1.85. The van der Waals surface area contributed by atoms with E-state index in [0.29, 0.717) is 5.82 Å². The van der Waals surface area contributed by atoms with Crippen LogP contribution in [0.5, 0.6) is 0 Å². The Morgan fingerprint density at radius 1 is 1.23 bits per heavy atom. The number of H-pyrrole nitrogens is 1. The van der Waals surface area contributed by atoms with E-state index in [1.54, 1.807) is 6.07 Å². The molecule has 0 saturated heterocycles. The van der Waals surface area contributed by atoms with E-state index in [1.807, 2.05) is 0 Å². The largest absolute Gasteiger partial charge is 0.361 e. The third-order valence-electron chi connectivity index (χ3n) is 5.54. The van der Waals surface area contributed by atoms with E-state index in [-0.39, 0.29) is 18.0 Å². The lowest BCUT2D eigenvalue weighted by Crippen LogP contribution is -2.60. The topological polar surface area (TPSA) is 86.9 Å². The molecule has 0 aromatic carbocycles. The Balaban J connectivity index is 1.37. The lowest BCUT2D eigenvalue weighted by Gasteiger charge is -2.56. The van der Waals surface area contributed by atoms with Crippen molar-refractivity contribution in [3.8, 4) is 0 Å². The van der Waals surface area contributed by atoms with Crippen LogP contribution in [0.25, 0.3) is 0 Å². The number of aromatic amines is 1. The van der Waals surface area contributed by atoms with E-state index >= 15 is 0 Å². The smallest absolute Gasteiger partial charge is 0.346 e. The van der Waals surface area contributed by atoms with Crippen molar-refractivity contribution >= 4 is 11.7 Å². The Labute approximate surface area is 129 Å². The van der Waals surface area contributed by atoms with Gasteiger partial charge in [0.15, 0.2) is 0 Å². The molecule has 0 spiro atoms. The van der Waals surface area contributed by atoms with Crippen molar-refractivity contribution < 1.29 is 4.79 Å². The average Bonchev–Trinajstić information content (AvgIpc) is 2.43. The Morgan fingerprint density at radius 2 is 1.86 bits per heavy atom. The van der Waals surface area contributed by atoms with Crippen molar-refractivity contribution in [2.24, 2.45) is 17.8 Å². The number of amides is 1. The number of nitrogens with zero attached hydrogens (tertiary/aromatic N) is 1. The van der Waals surface area contributed by atoms with E-state index in [0.717, 1.165) is 37.0 Å². The van der Waals surface area contributed by atoms with Crippen molar-refractivity contribution in [3.63, 3.8) is 0 Å². The maximum absolute atomic E-state index is 12.3. The number of nitrogens with one attached hydrogen (secondary N) is 3. The van der Waals surface area contributed by atoms with Crippen LogP contribution in [0, 0.1) is 17.8 Å². The minimum Gasteiger partial charge on any atom is -0.361 e. The van der Waals surface area contributed by atoms with Crippen LogP contribution < -0.4 is 16.3 Å². The van der Waals surface area contributed by atoms with Crippen molar-refractivity contribution in [3.05, 3.63) is 22.7 Å². The predicted octanol–water partition coefficient (Wildman–Crippen LogP) is 1.27. The molecule has 5 rings (SSSR count). The summed E-state index contributed by atoms with van der Waals surface area (Å²) in [6.07, 6.45) is 9.06. The van der Waals surface area contributed by atoms with E-state index in [1.165, 1.54) is 25.5 Å². The molecule has 1 aromatic rings. The fourth-order valence-electron chi connectivity index (χ4n) is 5.24. The second-order valence-corrected chi connectivity index (χ2v) is 7.38. The van der Waals surface area contributed by atoms with Gasteiger partial charge in [0, 0.05) is 11.7 Å². The Bertz CT molecular complexity index is 604. The highest BCUT2D eigenvalue weighted by atomic mass is 16.2. The average molecular weight is 302 g/mol. The predicted molar refractivity (Wildman–Crippen MR) is 82.4 cm³/mol. The van der Waals surface area contributed by atoms with E-state index in [4.69, 9.17) is 0 Å². The molecule has 4 aliphatic carbocycles.